The zero-order valence-corrected chi connectivity index (χ0v) is 15.9. The largest absolute Gasteiger partial charge is 0.504 e. The molecule has 0 unspecified atom stereocenters. The Hall–Kier alpha value is -2.85. The quantitative estimate of drug-likeness (QED) is 0.561. The molecule has 9 nitrogen and oxygen atoms in total. The molecule has 0 spiro atoms. The molecule has 3 aromatic rings. The number of hydrogen-bond donors (Lipinski definition) is 3. The summed E-state index contributed by atoms with van der Waals surface area (Å²) in [5.41, 5.74) is 1.05. The SMILES string of the molecule is CCc1ncc(S(=O)(=O)NCc2nc(-c3ccc(O)c(OC)c3)oc2C)[nH]1. The van der Waals surface area contributed by atoms with Gasteiger partial charge in [0, 0.05) is 12.0 Å². The van der Waals surface area contributed by atoms with Gasteiger partial charge in [0.15, 0.2) is 16.5 Å². The van der Waals surface area contributed by atoms with E-state index in [1.165, 1.54) is 19.4 Å². The molecule has 0 aliphatic heterocycles. The van der Waals surface area contributed by atoms with Crippen LogP contribution >= 0.6 is 0 Å². The van der Waals surface area contributed by atoms with Crippen LogP contribution in [0, 0.1) is 6.92 Å². The molecule has 2 heterocycles. The van der Waals surface area contributed by atoms with Crippen LogP contribution in [0.1, 0.15) is 24.2 Å². The molecule has 0 saturated heterocycles. The first-order chi connectivity index (χ1) is 12.8. The van der Waals surface area contributed by atoms with Crippen LogP contribution in [0.3, 0.4) is 0 Å². The van der Waals surface area contributed by atoms with Gasteiger partial charge in [-0.15, -0.1) is 0 Å². The molecule has 0 bridgehead atoms. The van der Waals surface area contributed by atoms with Gasteiger partial charge >= 0.3 is 0 Å². The second kappa shape index (κ2) is 7.41. The molecule has 10 heteroatoms. The van der Waals surface area contributed by atoms with Crippen molar-refractivity contribution in [3.05, 3.63) is 41.7 Å². The molecule has 1 aromatic carbocycles. The number of imidazole rings is 1. The summed E-state index contributed by atoms with van der Waals surface area (Å²) in [6, 6.07) is 4.69. The third-order valence-corrected chi connectivity index (χ3v) is 5.29. The molecule has 0 aliphatic rings. The first-order valence-electron chi connectivity index (χ1n) is 8.21. The standard InChI is InChI=1S/C17H20N4O5S/c1-4-15-18-9-16(21-15)27(23,24)19-8-12-10(2)26-17(20-12)11-5-6-13(22)14(7-11)25-3/h5-7,9,19,22H,4,8H2,1-3H3,(H,18,21). The van der Waals surface area contributed by atoms with E-state index in [4.69, 9.17) is 9.15 Å². The third-order valence-electron chi connectivity index (χ3n) is 3.98. The van der Waals surface area contributed by atoms with E-state index < -0.39 is 10.0 Å². The summed E-state index contributed by atoms with van der Waals surface area (Å²) in [5.74, 6) is 1.67. The Balaban J connectivity index is 1.79. The Bertz CT molecular complexity index is 1060. The number of sulfonamides is 1. The maximum atomic E-state index is 12.4. The number of benzene rings is 1. The number of oxazole rings is 1. The highest BCUT2D eigenvalue weighted by Gasteiger charge is 2.19. The number of H-pyrrole nitrogens is 1. The molecule has 0 atom stereocenters. The normalized spacial score (nSPS) is 11.7. The smallest absolute Gasteiger partial charge is 0.257 e. The van der Waals surface area contributed by atoms with Crippen LogP contribution in [-0.2, 0) is 23.0 Å². The fourth-order valence-corrected chi connectivity index (χ4v) is 3.35. The number of hydrogen-bond acceptors (Lipinski definition) is 7. The average molecular weight is 392 g/mol. The first-order valence-corrected chi connectivity index (χ1v) is 9.69. The third kappa shape index (κ3) is 3.96. The Kier molecular flexibility index (Phi) is 5.19. The second-order valence-electron chi connectivity index (χ2n) is 5.78. The highest BCUT2D eigenvalue weighted by Crippen LogP contribution is 2.31. The summed E-state index contributed by atoms with van der Waals surface area (Å²) in [7, 11) is -2.30. The lowest BCUT2D eigenvalue weighted by atomic mass is 10.2. The molecule has 27 heavy (non-hydrogen) atoms. The molecule has 0 amide bonds. The number of aromatic nitrogens is 3. The van der Waals surface area contributed by atoms with E-state index in [-0.39, 0.29) is 23.1 Å². The fraction of sp³-hybridized carbons (Fsp3) is 0.294. The number of nitrogens with one attached hydrogen (secondary N) is 2. The van der Waals surface area contributed by atoms with Crippen LogP contribution in [-0.4, -0.2) is 35.6 Å². The van der Waals surface area contributed by atoms with Crippen LogP contribution in [0.15, 0.2) is 33.8 Å². The summed E-state index contributed by atoms with van der Waals surface area (Å²) in [4.78, 5) is 11.1. The number of methoxy groups -OCH3 is 1. The number of phenols is 1. The minimum absolute atomic E-state index is 0.00326. The zero-order valence-electron chi connectivity index (χ0n) is 15.1. The summed E-state index contributed by atoms with van der Waals surface area (Å²) in [5, 5.41) is 9.69. The van der Waals surface area contributed by atoms with Crippen molar-refractivity contribution in [2.24, 2.45) is 0 Å². The van der Waals surface area contributed by atoms with E-state index in [9.17, 15) is 13.5 Å². The minimum Gasteiger partial charge on any atom is -0.504 e. The van der Waals surface area contributed by atoms with Crippen molar-refractivity contribution in [1.29, 1.82) is 0 Å². The summed E-state index contributed by atoms with van der Waals surface area (Å²) < 4.78 is 37.9. The topological polar surface area (TPSA) is 130 Å². The Morgan fingerprint density at radius 1 is 1.37 bits per heavy atom. The Labute approximate surface area is 156 Å². The highest BCUT2D eigenvalue weighted by atomic mass is 32.2. The van der Waals surface area contributed by atoms with Gasteiger partial charge in [-0.1, -0.05) is 6.92 Å². The number of rotatable bonds is 7. The lowest BCUT2D eigenvalue weighted by molar-refractivity contribution is 0.373. The van der Waals surface area contributed by atoms with Gasteiger partial charge in [-0.25, -0.2) is 23.1 Å². The maximum absolute atomic E-state index is 12.4. The van der Waals surface area contributed by atoms with Crippen molar-refractivity contribution in [2.75, 3.05) is 7.11 Å². The van der Waals surface area contributed by atoms with Crippen LogP contribution in [0.25, 0.3) is 11.5 Å². The number of nitrogens with zero attached hydrogens (tertiary/aromatic N) is 2. The van der Waals surface area contributed by atoms with Crippen molar-refractivity contribution in [3.8, 4) is 23.0 Å². The van der Waals surface area contributed by atoms with Gasteiger partial charge in [0.25, 0.3) is 10.0 Å². The molecule has 3 rings (SSSR count). The molecular weight excluding hydrogens is 372 g/mol. The monoisotopic (exact) mass is 392 g/mol. The van der Waals surface area contributed by atoms with E-state index in [0.29, 0.717) is 35.2 Å². The molecule has 0 radical (unpaired) electrons. The van der Waals surface area contributed by atoms with E-state index in [1.54, 1.807) is 19.1 Å². The van der Waals surface area contributed by atoms with Crippen molar-refractivity contribution in [1.82, 2.24) is 19.7 Å². The maximum Gasteiger partial charge on any atom is 0.257 e. The lowest BCUT2D eigenvalue weighted by Crippen LogP contribution is -2.24. The molecular formula is C17H20N4O5S. The van der Waals surface area contributed by atoms with Crippen molar-refractivity contribution >= 4 is 10.0 Å². The van der Waals surface area contributed by atoms with E-state index >= 15 is 0 Å². The molecule has 0 aliphatic carbocycles. The molecule has 0 fully saturated rings. The van der Waals surface area contributed by atoms with Crippen LogP contribution < -0.4 is 9.46 Å². The Morgan fingerprint density at radius 2 is 2.15 bits per heavy atom. The van der Waals surface area contributed by atoms with Gasteiger partial charge in [0.2, 0.25) is 5.89 Å². The first kappa shape index (κ1) is 18.9. The zero-order chi connectivity index (χ0) is 19.6. The molecule has 2 aromatic heterocycles. The molecule has 0 saturated carbocycles. The Morgan fingerprint density at radius 3 is 2.81 bits per heavy atom. The van der Waals surface area contributed by atoms with E-state index in [0.717, 1.165) is 0 Å². The van der Waals surface area contributed by atoms with E-state index in [1.807, 2.05) is 6.92 Å². The number of aromatic amines is 1. The number of aryl methyl sites for hydroxylation is 2. The van der Waals surface area contributed by atoms with Crippen molar-refractivity contribution < 1.29 is 22.7 Å². The summed E-state index contributed by atoms with van der Waals surface area (Å²) >= 11 is 0. The second-order valence-corrected chi connectivity index (χ2v) is 7.52. The van der Waals surface area contributed by atoms with Crippen molar-refractivity contribution in [3.63, 3.8) is 0 Å². The van der Waals surface area contributed by atoms with Crippen molar-refractivity contribution in [2.45, 2.75) is 31.8 Å². The fourth-order valence-electron chi connectivity index (χ4n) is 2.43. The predicted octanol–water partition coefficient (Wildman–Crippen LogP) is 2.13. The molecule has 144 valence electrons. The van der Waals surface area contributed by atoms with Gasteiger partial charge in [0.1, 0.15) is 11.6 Å². The van der Waals surface area contributed by atoms with Crippen LogP contribution in [0.4, 0.5) is 0 Å². The van der Waals surface area contributed by atoms with Crippen LogP contribution in [0.2, 0.25) is 0 Å². The van der Waals surface area contributed by atoms with Gasteiger partial charge in [-0.05, 0) is 25.1 Å². The average Bonchev–Trinajstić information content (AvgIpc) is 3.27. The van der Waals surface area contributed by atoms with E-state index in [2.05, 4.69) is 19.7 Å². The van der Waals surface area contributed by atoms with Crippen LogP contribution in [0.5, 0.6) is 11.5 Å². The van der Waals surface area contributed by atoms with Gasteiger partial charge in [0.05, 0.1) is 25.5 Å². The summed E-state index contributed by atoms with van der Waals surface area (Å²) in [6.07, 6.45) is 1.89. The van der Waals surface area contributed by atoms with Gasteiger partial charge in [-0.3, -0.25) is 0 Å². The van der Waals surface area contributed by atoms with Gasteiger partial charge < -0.3 is 19.2 Å². The number of phenolic OH excluding ortho intramolecular Hbond substituents is 1. The van der Waals surface area contributed by atoms with Gasteiger partial charge in [-0.2, -0.15) is 0 Å². The molecule has 3 N–H and O–H groups in total. The number of aromatic hydroxyl groups is 1. The lowest BCUT2D eigenvalue weighted by Gasteiger charge is -2.04. The predicted molar refractivity (Wildman–Crippen MR) is 96.9 cm³/mol. The summed E-state index contributed by atoms with van der Waals surface area (Å²) in [6.45, 7) is 3.54. The minimum atomic E-state index is -3.74. The number of ether oxygens (including phenoxy) is 1. The highest BCUT2D eigenvalue weighted by molar-refractivity contribution is 7.89.